The van der Waals surface area contributed by atoms with Crippen LogP contribution in [0.3, 0.4) is 0 Å². The Hall–Kier alpha value is -1.39. The molecule has 0 aliphatic heterocycles. The number of amides is 1. The predicted molar refractivity (Wildman–Crippen MR) is 65.3 cm³/mol. The van der Waals surface area contributed by atoms with Crippen molar-refractivity contribution in [2.45, 2.75) is 25.3 Å². The molecule has 0 bridgehead atoms. The minimum absolute atomic E-state index is 0.0960. The number of carbonyl (C=O) groups is 1. The van der Waals surface area contributed by atoms with Gasteiger partial charge in [0.25, 0.3) is 0 Å². The normalized spacial score (nSPS) is 12.1. The summed E-state index contributed by atoms with van der Waals surface area (Å²) < 4.78 is 0. The van der Waals surface area contributed by atoms with Crippen LogP contribution in [0.1, 0.15) is 30.9 Å². The van der Waals surface area contributed by atoms with E-state index < -0.39 is 0 Å². The molecule has 1 amide bonds. The third kappa shape index (κ3) is 4.97. The van der Waals surface area contributed by atoms with Gasteiger partial charge in [-0.05, 0) is 18.4 Å². The Morgan fingerprint density at radius 3 is 2.47 bits per heavy atom. The van der Waals surface area contributed by atoms with Gasteiger partial charge in [0.1, 0.15) is 0 Å². The third-order valence-corrected chi connectivity index (χ3v) is 2.53. The fourth-order valence-corrected chi connectivity index (χ4v) is 1.58. The van der Waals surface area contributed by atoms with Gasteiger partial charge in [-0.25, -0.2) is 0 Å². The van der Waals surface area contributed by atoms with Crippen LogP contribution >= 0.6 is 0 Å². The van der Waals surface area contributed by atoms with Crippen molar-refractivity contribution in [2.75, 3.05) is 13.2 Å². The first-order valence-electron chi connectivity index (χ1n) is 5.84. The Morgan fingerprint density at radius 1 is 1.18 bits per heavy atom. The molecule has 0 saturated carbocycles. The molecule has 0 unspecified atom stereocenters. The Kier molecular flexibility index (Phi) is 6.29. The standard InChI is InChI=1S/C13H19NO3/c15-9-5-4-8-13(17)14-12(10-16)11-6-2-1-3-7-11/h1-3,6-7,12,15-16H,4-5,8-10H2,(H,14,17)/t12-/m1/s1. The zero-order valence-electron chi connectivity index (χ0n) is 9.80. The van der Waals surface area contributed by atoms with E-state index in [0.717, 1.165) is 5.56 Å². The van der Waals surface area contributed by atoms with Crippen molar-refractivity contribution in [3.63, 3.8) is 0 Å². The molecule has 0 fully saturated rings. The largest absolute Gasteiger partial charge is 0.396 e. The maximum atomic E-state index is 11.6. The van der Waals surface area contributed by atoms with Crippen LogP contribution in [0.2, 0.25) is 0 Å². The second-order valence-electron chi connectivity index (χ2n) is 3.89. The summed E-state index contributed by atoms with van der Waals surface area (Å²) >= 11 is 0. The van der Waals surface area contributed by atoms with Gasteiger partial charge < -0.3 is 15.5 Å². The number of hydrogen-bond acceptors (Lipinski definition) is 3. The molecule has 1 rings (SSSR count). The highest BCUT2D eigenvalue weighted by Crippen LogP contribution is 2.11. The number of aliphatic hydroxyl groups excluding tert-OH is 2. The Bertz CT molecular complexity index is 327. The van der Waals surface area contributed by atoms with Gasteiger partial charge in [-0.15, -0.1) is 0 Å². The van der Waals surface area contributed by atoms with E-state index in [1.54, 1.807) is 0 Å². The maximum Gasteiger partial charge on any atom is 0.220 e. The lowest BCUT2D eigenvalue weighted by atomic mass is 10.1. The van der Waals surface area contributed by atoms with Crippen LogP contribution in [0.5, 0.6) is 0 Å². The lowest BCUT2D eigenvalue weighted by Gasteiger charge is -2.16. The van der Waals surface area contributed by atoms with Gasteiger partial charge in [-0.1, -0.05) is 30.3 Å². The van der Waals surface area contributed by atoms with Gasteiger partial charge in [0.05, 0.1) is 12.6 Å². The summed E-state index contributed by atoms with van der Waals surface area (Å²) in [6.45, 7) is -0.00878. The first-order chi connectivity index (χ1) is 8.27. The average Bonchev–Trinajstić information content (AvgIpc) is 2.37. The topological polar surface area (TPSA) is 69.6 Å². The van der Waals surface area contributed by atoms with E-state index in [2.05, 4.69) is 5.32 Å². The molecule has 1 atom stereocenters. The summed E-state index contributed by atoms with van der Waals surface area (Å²) in [4.78, 5) is 11.6. The summed E-state index contributed by atoms with van der Waals surface area (Å²) in [5.74, 6) is -0.0960. The van der Waals surface area contributed by atoms with E-state index >= 15 is 0 Å². The van der Waals surface area contributed by atoms with Gasteiger partial charge >= 0.3 is 0 Å². The van der Waals surface area contributed by atoms with Gasteiger partial charge in [0.15, 0.2) is 0 Å². The minimum Gasteiger partial charge on any atom is -0.396 e. The van der Waals surface area contributed by atoms with E-state index in [-0.39, 0.29) is 25.2 Å². The lowest BCUT2D eigenvalue weighted by Crippen LogP contribution is -2.30. The summed E-state index contributed by atoms with van der Waals surface area (Å²) in [5, 5.41) is 20.6. The molecule has 0 aliphatic rings. The number of rotatable bonds is 7. The van der Waals surface area contributed by atoms with E-state index in [4.69, 9.17) is 5.11 Å². The van der Waals surface area contributed by atoms with Crippen molar-refractivity contribution in [1.29, 1.82) is 0 Å². The zero-order chi connectivity index (χ0) is 12.5. The Balaban J connectivity index is 2.44. The minimum atomic E-state index is -0.349. The number of nitrogens with one attached hydrogen (secondary N) is 1. The molecule has 0 aromatic heterocycles. The Labute approximate surface area is 101 Å². The SMILES string of the molecule is O=C(CCCCO)N[C@H](CO)c1ccccc1. The predicted octanol–water partition coefficient (Wildman–Crippen LogP) is 0.999. The quantitative estimate of drug-likeness (QED) is 0.620. The van der Waals surface area contributed by atoms with Crippen molar-refractivity contribution in [1.82, 2.24) is 5.32 Å². The molecule has 17 heavy (non-hydrogen) atoms. The molecular formula is C13H19NO3. The zero-order valence-corrected chi connectivity index (χ0v) is 9.80. The molecule has 0 aliphatic carbocycles. The number of carbonyl (C=O) groups excluding carboxylic acids is 1. The molecule has 0 spiro atoms. The first kappa shape index (κ1) is 13.7. The van der Waals surface area contributed by atoms with E-state index in [1.807, 2.05) is 30.3 Å². The molecule has 1 aromatic rings. The van der Waals surface area contributed by atoms with Gasteiger partial charge in [-0.3, -0.25) is 4.79 Å². The van der Waals surface area contributed by atoms with Gasteiger partial charge in [0, 0.05) is 13.0 Å². The highest BCUT2D eigenvalue weighted by molar-refractivity contribution is 5.76. The second kappa shape index (κ2) is 7.81. The molecule has 94 valence electrons. The fraction of sp³-hybridized carbons (Fsp3) is 0.462. The van der Waals surface area contributed by atoms with Crippen molar-refractivity contribution >= 4 is 5.91 Å². The summed E-state index contributed by atoms with van der Waals surface area (Å²) in [5.41, 5.74) is 0.894. The van der Waals surface area contributed by atoms with Crippen molar-refractivity contribution in [3.8, 4) is 0 Å². The smallest absolute Gasteiger partial charge is 0.220 e. The van der Waals surface area contributed by atoms with Crippen LogP contribution in [0.25, 0.3) is 0 Å². The van der Waals surface area contributed by atoms with Crippen LogP contribution in [-0.4, -0.2) is 29.3 Å². The number of benzene rings is 1. The fourth-order valence-electron chi connectivity index (χ4n) is 1.58. The number of unbranched alkanes of at least 4 members (excludes halogenated alkanes) is 1. The summed E-state index contributed by atoms with van der Waals surface area (Å²) in [6.07, 6.45) is 1.67. The molecule has 3 N–H and O–H groups in total. The van der Waals surface area contributed by atoms with E-state index in [1.165, 1.54) is 0 Å². The van der Waals surface area contributed by atoms with Gasteiger partial charge in [0.2, 0.25) is 5.91 Å². The third-order valence-electron chi connectivity index (χ3n) is 2.53. The monoisotopic (exact) mass is 237 g/mol. The second-order valence-corrected chi connectivity index (χ2v) is 3.89. The van der Waals surface area contributed by atoms with Gasteiger partial charge in [-0.2, -0.15) is 0 Å². The van der Waals surface area contributed by atoms with Crippen molar-refractivity contribution in [3.05, 3.63) is 35.9 Å². The highest BCUT2D eigenvalue weighted by Gasteiger charge is 2.12. The van der Waals surface area contributed by atoms with Crippen LogP contribution in [-0.2, 0) is 4.79 Å². The lowest BCUT2D eigenvalue weighted by molar-refractivity contribution is -0.122. The Morgan fingerprint density at radius 2 is 1.88 bits per heavy atom. The molecular weight excluding hydrogens is 218 g/mol. The van der Waals surface area contributed by atoms with Crippen LogP contribution in [0.4, 0.5) is 0 Å². The van der Waals surface area contributed by atoms with Crippen LogP contribution in [0.15, 0.2) is 30.3 Å². The van der Waals surface area contributed by atoms with Crippen LogP contribution in [0, 0.1) is 0 Å². The van der Waals surface area contributed by atoms with E-state index in [0.29, 0.717) is 19.3 Å². The van der Waals surface area contributed by atoms with Crippen molar-refractivity contribution in [2.24, 2.45) is 0 Å². The average molecular weight is 237 g/mol. The van der Waals surface area contributed by atoms with Crippen molar-refractivity contribution < 1.29 is 15.0 Å². The molecule has 4 nitrogen and oxygen atoms in total. The first-order valence-corrected chi connectivity index (χ1v) is 5.84. The molecule has 4 heteroatoms. The van der Waals surface area contributed by atoms with E-state index in [9.17, 15) is 9.90 Å². The summed E-state index contributed by atoms with van der Waals surface area (Å²) in [6, 6.07) is 9.02. The molecule has 0 heterocycles. The summed E-state index contributed by atoms with van der Waals surface area (Å²) in [7, 11) is 0. The molecule has 1 aromatic carbocycles. The molecule has 0 radical (unpaired) electrons. The maximum absolute atomic E-state index is 11.6. The highest BCUT2D eigenvalue weighted by atomic mass is 16.3. The van der Waals surface area contributed by atoms with Crippen LogP contribution < -0.4 is 5.32 Å². The number of aliphatic hydroxyl groups is 2. The number of hydrogen-bond donors (Lipinski definition) is 3. The molecule has 0 saturated heterocycles.